The van der Waals surface area contributed by atoms with E-state index in [1.54, 1.807) is 31.2 Å². The molecule has 3 aromatic heterocycles. The quantitative estimate of drug-likeness (QED) is 0.527. The number of hydrogen-bond acceptors (Lipinski definition) is 8. The third kappa shape index (κ3) is 3.18. The number of tetrazole rings is 1. The highest BCUT2D eigenvalue weighted by Gasteiger charge is 2.19. The van der Waals surface area contributed by atoms with Crippen LogP contribution in [0.4, 0.5) is 0 Å². The smallest absolute Gasteiger partial charge is 0.338 e. The molecule has 142 valence electrons. The van der Waals surface area contributed by atoms with E-state index in [2.05, 4.69) is 25.5 Å². The van der Waals surface area contributed by atoms with Gasteiger partial charge in [-0.1, -0.05) is 0 Å². The summed E-state index contributed by atoms with van der Waals surface area (Å²) in [5.74, 6) is -0.200. The number of carbonyl (C=O) groups excluding carboxylic acids is 1. The van der Waals surface area contributed by atoms with Crippen LogP contribution in [0.3, 0.4) is 0 Å². The fourth-order valence-electron chi connectivity index (χ4n) is 2.78. The second-order valence-corrected chi connectivity index (χ2v) is 7.47. The molecule has 0 amide bonds. The molecule has 0 saturated carbocycles. The van der Waals surface area contributed by atoms with Gasteiger partial charge in [-0.25, -0.2) is 14.5 Å². The number of rotatable bonds is 4. The van der Waals surface area contributed by atoms with Gasteiger partial charge in [-0.15, -0.1) is 16.4 Å². The fourth-order valence-corrected chi connectivity index (χ4v) is 3.82. The predicted molar refractivity (Wildman–Crippen MR) is 103 cm³/mol. The first-order valence-electron chi connectivity index (χ1n) is 8.48. The SMILES string of the molecule is Cc1sc2nc([C@@H](C)OC(=O)c3ccc(-n4cnnn4)cc3)[nH]c(=O)c2c1C. The maximum absolute atomic E-state index is 12.4. The molecule has 0 radical (unpaired) electrons. The molecule has 3 heterocycles. The van der Waals surface area contributed by atoms with Crippen LogP contribution in [0.25, 0.3) is 15.9 Å². The fraction of sp³-hybridized carbons (Fsp3) is 0.222. The monoisotopic (exact) mass is 396 g/mol. The molecular formula is C18H16N6O3S. The zero-order valence-corrected chi connectivity index (χ0v) is 16.1. The van der Waals surface area contributed by atoms with Gasteiger partial charge in [0.25, 0.3) is 5.56 Å². The van der Waals surface area contributed by atoms with Crippen LogP contribution in [0, 0.1) is 13.8 Å². The molecular weight excluding hydrogens is 380 g/mol. The lowest BCUT2D eigenvalue weighted by Crippen LogP contribution is -2.17. The highest BCUT2D eigenvalue weighted by Crippen LogP contribution is 2.27. The van der Waals surface area contributed by atoms with Crippen LogP contribution < -0.4 is 5.56 Å². The lowest BCUT2D eigenvalue weighted by Gasteiger charge is -2.12. The zero-order valence-electron chi connectivity index (χ0n) is 15.3. The van der Waals surface area contributed by atoms with Crippen LogP contribution in [0.5, 0.6) is 0 Å². The van der Waals surface area contributed by atoms with E-state index in [0.29, 0.717) is 21.6 Å². The van der Waals surface area contributed by atoms with Crippen molar-refractivity contribution >= 4 is 27.5 Å². The molecule has 0 saturated heterocycles. The molecule has 1 atom stereocenters. The highest BCUT2D eigenvalue weighted by molar-refractivity contribution is 7.18. The summed E-state index contributed by atoms with van der Waals surface area (Å²) in [7, 11) is 0. The van der Waals surface area contributed by atoms with E-state index in [1.807, 2.05) is 13.8 Å². The first-order valence-corrected chi connectivity index (χ1v) is 9.30. The normalized spacial score (nSPS) is 12.2. The van der Waals surface area contributed by atoms with Gasteiger partial charge in [0, 0.05) is 4.88 Å². The van der Waals surface area contributed by atoms with Gasteiger partial charge in [0.2, 0.25) is 0 Å². The number of H-pyrrole nitrogens is 1. The Morgan fingerprint density at radius 2 is 2.00 bits per heavy atom. The summed E-state index contributed by atoms with van der Waals surface area (Å²) in [4.78, 5) is 33.7. The summed E-state index contributed by atoms with van der Waals surface area (Å²) in [5.41, 5.74) is 1.78. The first kappa shape index (κ1) is 18.0. The van der Waals surface area contributed by atoms with E-state index in [1.165, 1.54) is 22.3 Å². The van der Waals surface area contributed by atoms with E-state index >= 15 is 0 Å². The van der Waals surface area contributed by atoms with Crippen LogP contribution in [0.2, 0.25) is 0 Å². The molecule has 0 spiro atoms. The van der Waals surface area contributed by atoms with Crippen LogP contribution in [0.15, 0.2) is 35.4 Å². The Hall–Kier alpha value is -3.40. The number of aromatic nitrogens is 6. The molecule has 1 N–H and O–H groups in total. The van der Waals surface area contributed by atoms with Crippen molar-refractivity contribution < 1.29 is 9.53 Å². The van der Waals surface area contributed by atoms with Crippen LogP contribution >= 0.6 is 11.3 Å². The molecule has 1 aromatic carbocycles. The van der Waals surface area contributed by atoms with Gasteiger partial charge in [0.05, 0.1) is 16.6 Å². The Balaban J connectivity index is 1.54. The van der Waals surface area contributed by atoms with Crippen molar-refractivity contribution in [1.29, 1.82) is 0 Å². The Bertz CT molecular complexity index is 1210. The van der Waals surface area contributed by atoms with Gasteiger partial charge >= 0.3 is 5.97 Å². The minimum Gasteiger partial charge on any atom is -0.451 e. The summed E-state index contributed by atoms with van der Waals surface area (Å²) in [6.45, 7) is 5.52. The molecule has 10 heteroatoms. The molecule has 0 bridgehead atoms. The van der Waals surface area contributed by atoms with E-state index in [9.17, 15) is 9.59 Å². The molecule has 9 nitrogen and oxygen atoms in total. The molecule has 4 rings (SSSR count). The predicted octanol–water partition coefficient (Wildman–Crippen LogP) is 2.50. The number of thiophene rings is 1. The van der Waals surface area contributed by atoms with Crippen molar-refractivity contribution in [3.8, 4) is 5.69 Å². The molecule has 0 fully saturated rings. The molecule has 0 aliphatic rings. The number of ether oxygens (including phenoxy) is 1. The van der Waals surface area contributed by atoms with Gasteiger partial charge < -0.3 is 9.72 Å². The summed E-state index contributed by atoms with van der Waals surface area (Å²) >= 11 is 1.45. The van der Waals surface area contributed by atoms with Crippen molar-refractivity contribution in [3.63, 3.8) is 0 Å². The average molecular weight is 396 g/mol. The van der Waals surface area contributed by atoms with Gasteiger partial charge in [-0.2, -0.15) is 0 Å². The number of nitrogens with zero attached hydrogens (tertiary/aromatic N) is 5. The maximum atomic E-state index is 12.4. The Morgan fingerprint density at radius 3 is 2.68 bits per heavy atom. The van der Waals surface area contributed by atoms with Crippen LogP contribution in [-0.4, -0.2) is 36.1 Å². The van der Waals surface area contributed by atoms with Crippen molar-refractivity contribution in [1.82, 2.24) is 30.2 Å². The number of fused-ring (bicyclic) bond motifs is 1. The average Bonchev–Trinajstić information content (AvgIpc) is 3.31. The largest absolute Gasteiger partial charge is 0.451 e. The molecule has 28 heavy (non-hydrogen) atoms. The molecule has 4 aromatic rings. The minimum atomic E-state index is -0.702. The summed E-state index contributed by atoms with van der Waals surface area (Å²) in [5, 5.41) is 11.5. The van der Waals surface area contributed by atoms with Crippen molar-refractivity contribution in [3.05, 3.63) is 62.8 Å². The lowest BCUT2D eigenvalue weighted by atomic mass is 10.2. The second kappa shape index (κ2) is 6.97. The van der Waals surface area contributed by atoms with E-state index in [4.69, 9.17) is 4.74 Å². The number of aryl methyl sites for hydroxylation is 2. The number of hydrogen-bond donors (Lipinski definition) is 1. The van der Waals surface area contributed by atoms with Gasteiger partial charge in [-0.3, -0.25) is 4.79 Å². The molecule has 0 aliphatic heterocycles. The Morgan fingerprint density at radius 1 is 1.25 bits per heavy atom. The number of esters is 1. The zero-order chi connectivity index (χ0) is 19.8. The minimum absolute atomic E-state index is 0.226. The first-order chi connectivity index (χ1) is 13.4. The summed E-state index contributed by atoms with van der Waals surface area (Å²) in [6.07, 6.45) is 0.758. The summed E-state index contributed by atoms with van der Waals surface area (Å²) in [6, 6.07) is 6.66. The van der Waals surface area contributed by atoms with Gasteiger partial charge in [0.15, 0.2) is 11.9 Å². The third-order valence-corrected chi connectivity index (χ3v) is 5.54. The molecule has 0 aliphatic carbocycles. The summed E-state index contributed by atoms with van der Waals surface area (Å²) < 4.78 is 6.96. The van der Waals surface area contributed by atoms with Gasteiger partial charge in [0.1, 0.15) is 11.2 Å². The maximum Gasteiger partial charge on any atom is 0.338 e. The molecule has 0 unspecified atom stereocenters. The Kier molecular flexibility index (Phi) is 4.47. The number of aromatic amines is 1. The van der Waals surface area contributed by atoms with Gasteiger partial charge in [-0.05, 0) is 61.0 Å². The van der Waals surface area contributed by atoms with Crippen LogP contribution in [-0.2, 0) is 4.74 Å². The van der Waals surface area contributed by atoms with Crippen molar-refractivity contribution in [2.24, 2.45) is 0 Å². The van der Waals surface area contributed by atoms with Crippen molar-refractivity contribution in [2.45, 2.75) is 26.9 Å². The standard InChI is InChI=1S/C18H16N6O3S/c1-9-11(3)28-17-14(9)16(25)20-15(21-17)10(2)27-18(26)12-4-6-13(7-5-12)24-8-19-22-23-24/h4-8,10H,1-3H3,(H,20,21,25)/t10-/m1/s1. The second-order valence-electron chi connectivity index (χ2n) is 6.26. The van der Waals surface area contributed by atoms with E-state index in [0.717, 1.165) is 16.1 Å². The Labute approximate surface area is 163 Å². The number of nitrogens with one attached hydrogen (secondary N) is 1. The third-order valence-electron chi connectivity index (χ3n) is 4.44. The number of benzene rings is 1. The van der Waals surface area contributed by atoms with E-state index < -0.39 is 12.1 Å². The van der Waals surface area contributed by atoms with Crippen LogP contribution in [0.1, 0.15) is 39.7 Å². The highest BCUT2D eigenvalue weighted by atomic mass is 32.1. The van der Waals surface area contributed by atoms with Crippen molar-refractivity contribution in [2.75, 3.05) is 0 Å². The lowest BCUT2D eigenvalue weighted by molar-refractivity contribution is 0.0320. The van der Waals surface area contributed by atoms with E-state index in [-0.39, 0.29) is 5.56 Å². The number of carbonyl (C=O) groups is 1. The topological polar surface area (TPSA) is 116 Å².